The van der Waals surface area contributed by atoms with Crippen LogP contribution in [0.15, 0.2) is 28.9 Å². The van der Waals surface area contributed by atoms with E-state index in [9.17, 15) is 0 Å². The van der Waals surface area contributed by atoms with Gasteiger partial charge in [-0.05, 0) is 43.5 Å². The highest BCUT2D eigenvalue weighted by Crippen LogP contribution is 2.30. The summed E-state index contributed by atoms with van der Waals surface area (Å²) in [5, 5.41) is 4.64. The molecule has 0 aliphatic carbocycles. The van der Waals surface area contributed by atoms with Gasteiger partial charge in [0.1, 0.15) is 0 Å². The molecule has 0 unspecified atom stereocenters. The smallest absolute Gasteiger partial charge is 0.175 e. The van der Waals surface area contributed by atoms with Crippen LogP contribution < -0.4 is 10.1 Å². The summed E-state index contributed by atoms with van der Waals surface area (Å²) in [5.41, 5.74) is 2.12. The summed E-state index contributed by atoms with van der Waals surface area (Å²) in [5.74, 6) is 1.54. The summed E-state index contributed by atoms with van der Waals surface area (Å²) in [7, 11) is 0. The Morgan fingerprint density at radius 2 is 2.15 bits per heavy atom. The number of fused-ring (bicyclic) bond motifs is 1. The summed E-state index contributed by atoms with van der Waals surface area (Å²) in [6.07, 6.45) is 3.85. The molecular weight excluding hydrogens is 250 g/mol. The average Bonchev–Trinajstić information content (AvgIpc) is 2.85. The summed E-state index contributed by atoms with van der Waals surface area (Å²) in [4.78, 5) is 0. The first-order valence-corrected chi connectivity index (χ1v) is 7.55. The van der Waals surface area contributed by atoms with Crippen molar-refractivity contribution >= 4 is 11.0 Å². The van der Waals surface area contributed by atoms with Gasteiger partial charge in [0.2, 0.25) is 0 Å². The quantitative estimate of drug-likeness (QED) is 0.739. The van der Waals surface area contributed by atoms with Gasteiger partial charge < -0.3 is 14.5 Å². The van der Waals surface area contributed by atoms with Crippen LogP contribution in [-0.2, 0) is 6.42 Å². The summed E-state index contributed by atoms with van der Waals surface area (Å²) in [6.45, 7) is 9.31. The van der Waals surface area contributed by atoms with E-state index in [0.717, 1.165) is 43.9 Å². The maximum atomic E-state index is 5.73. The number of benzene rings is 1. The highest BCUT2D eigenvalue weighted by Gasteiger charge is 2.10. The van der Waals surface area contributed by atoms with Crippen molar-refractivity contribution < 1.29 is 9.15 Å². The number of ether oxygens (including phenoxy) is 1. The van der Waals surface area contributed by atoms with Gasteiger partial charge in [-0.2, -0.15) is 0 Å². The van der Waals surface area contributed by atoms with Crippen LogP contribution in [0.4, 0.5) is 0 Å². The lowest BCUT2D eigenvalue weighted by atomic mass is 10.1. The second-order valence-electron chi connectivity index (χ2n) is 5.59. The maximum absolute atomic E-state index is 5.73. The van der Waals surface area contributed by atoms with Crippen molar-refractivity contribution in [2.45, 2.75) is 33.6 Å². The Hall–Kier alpha value is -1.48. The van der Waals surface area contributed by atoms with Crippen LogP contribution in [0.2, 0.25) is 0 Å². The molecule has 3 nitrogen and oxygen atoms in total. The fourth-order valence-electron chi connectivity index (χ4n) is 2.22. The molecule has 110 valence electrons. The summed E-state index contributed by atoms with van der Waals surface area (Å²) >= 11 is 0. The zero-order chi connectivity index (χ0) is 14.4. The minimum Gasteiger partial charge on any atom is -0.490 e. The molecular formula is C17H25NO2. The predicted molar refractivity (Wildman–Crippen MR) is 83.4 cm³/mol. The Morgan fingerprint density at radius 1 is 1.30 bits per heavy atom. The molecule has 0 fully saturated rings. The molecule has 20 heavy (non-hydrogen) atoms. The Labute approximate surface area is 121 Å². The van der Waals surface area contributed by atoms with Gasteiger partial charge in [0.15, 0.2) is 11.3 Å². The van der Waals surface area contributed by atoms with Gasteiger partial charge in [-0.3, -0.25) is 0 Å². The first kappa shape index (κ1) is 14.9. The maximum Gasteiger partial charge on any atom is 0.175 e. The van der Waals surface area contributed by atoms with Crippen molar-refractivity contribution in [1.29, 1.82) is 0 Å². The van der Waals surface area contributed by atoms with E-state index in [2.05, 4.69) is 32.2 Å². The standard InChI is InChI=1S/C17H25NO2/c1-4-10-19-16-7-5-6-15-14(12-20-17(15)16)8-9-18-11-13(2)3/h5-7,12-13,18H,4,8-11H2,1-3H3. The van der Waals surface area contributed by atoms with E-state index in [0.29, 0.717) is 5.92 Å². The molecule has 0 saturated carbocycles. The molecule has 3 heteroatoms. The van der Waals surface area contributed by atoms with Gasteiger partial charge in [-0.1, -0.05) is 32.9 Å². The molecule has 0 bridgehead atoms. The van der Waals surface area contributed by atoms with Crippen LogP contribution in [0.5, 0.6) is 5.75 Å². The van der Waals surface area contributed by atoms with Crippen molar-refractivity contribution in [1.82, 2.24) is 5.32 Å². The fourth-order valence-corrected chi connectivity index (χ4v) is 2.22. The zero-order valence-corrected chi connectivity index (χ0v) is 12.7. The van der Waals surface area contributed by atoms with Crippen molar-refractivity contribution in [2.75, 3.05) is 19.7 Å². The van der Waals surface area contributed by atoms with Crippen LogP contribution in [0, 0.1) is 5.92 Å². The zero-order valence-electron chi connectivity index (χ0n) is 12.7. The predicted octanol–water partition coefficient (Wildman–Crippen LogP) is 4.01. The van der Waals surface area contributed by atoms with E-state index >= 15 is 0 Å². The normalized spacial score (nSPS) is 11.4. The van der Waals surface area contributed by atoms with Gasteiger partial charge in [-0.15, -0.1) is 0 Å². The topological polar surface area (TPSA) is 34.4 Å². The van der Waals surface area contributed by atoms with Gasteiger partial charge in [0.05, 0.1) is 12.9 Å². The molecule has 0 aliphatic rings. The minimum absolute atomic E-state index is 0.685. The van der Waals surface area contributed by atoms with E-state index in [1.165, 1.54) is 10.9 Å². The lowest BCUT2D eigenvalue weighted by molar-refractivity contribution is 0.316. The highest BCUT2D eigenvalue weighted by molar-refractivity contribution is 5.86. The molecule has 0 saturated heterocycles. The molecule has 2 rings (SSSR count). The monoisotopic (exact) mass is 275 g/mol. The van der Waals surface area contributed by atoms with Gasteiger partial charge in [-0.25, -0.2) is 0 Å². The summed E-state index contributed by atoms with van der Waals surface area (Å²) < 4.78 is 11.4. The van der Waals surface area contributed by atoms with Gasteiger partial charge >= 0.3 is 0 Å². The Balaban J connectivity index is 2.04. The Bertz CT molecular complexity index is 531. The van der Waals surface area contributed by atoms with E-state index in [1.807, 2.05) is 18.4 Å². The van der Waals surface area contributed by atoms with Crippen LogP contribution in [0.1, 0.15) is 32.8 Å². The van der Waals surface area contributed by atoms with Crippen LogP contribution in [0.25, 0.3) is 11.0 Å². The van der Waals surface area contributed by atoms with Crippen molar-refractivity contribution in [3.05, 3.63) is 30.0 Å². The SMILES string of the molecule is CCCOc1cccc2c(CCNCC(C)C)coc12. The average molecular weight is 275 g/mol. The molecule has 1 heterocycles. The number of hydrogen-bond donors (Lipinski definition) is 1. The second-order valence-corrected chi connectivity index (χ2v) is 5.59. The van der Waals surface area contributed by atoms with Crippen molar-refractivity contribution in [2.24, 2.45) is 5.92 Å². The Morgan fingerprint density at radius 3 is 2.90 bits per heavy atom. The minimum atomic E-state index is 0.685. The third-order valence-corrected chi connectivity index (χ3v) is 3.23. The lowest BCUT2D eigenvalue weighted by Gasteiger charge is -2.07. The molecule has 2 aromatic rings. The highest BCUT2D eigenvalue weighted by atomic mass is 16.5. The Kier molecular flexibility index (Phi) is 5.48. The number of nitrogens with one attached hydrogen (secondary N) is 1. The van der Waals surface area contributed by atoms with Crippen LogP contribution in [0.3, 0.4) is 0 Å². The van der Waals surface area contributed by atoms with E-state index in [1.54, 1.807) is 0 Å². The number of para-hydroxylation sites is 1. The van der Waals surface area contributed by atoms with Gasteiger partial charge in [0, 0.05) is 5.39 Å². The third-order valence-electron chi connectivity index (χ3n) is 3.23. The fraction of sp³-hybridized carbons (Fsp3) is 0.529. The molecule has 0 spiro atoms. The molecule has 0 amide bonds. The molecule has 0 radical (unpaired) electrons. The van der Waals surface area contributed by atoms with E-state index < -0.39 is 0 Å². The second kappa shape index (κ2) is 7.34. The van der Waals surface area contributed by atoms with Crippen molar-refractivity contribution in [3.63, 3.8) is 0 Å². The van der Waals surface area contributed by atoms with Crippen molar-refractivity contribution in [3.8, 4) is 5.75 Å². The van der Waals surface area contributed by atoms with Crippen LogP contribution in [-0.4, -0.2) is 19.7 Å². The third kappa shape index (κ3) is 3.76. The molecule has 1 aromatic heterocycles. The molecule has 1 aromatic carbocycles. The van der Waals surface area contributed by atoms with E-state index in [4.69, 9.17) is 9.15 Å². The lowest BCUT2D eigenvalue weighted by Crippen LogP contribution is -2.21. The number of furan rings is 1. The summed E-state index contributed by atoms with van der Waals surface area (Å²) in [6, 6.07) is 6.12. The molecule has 0 aliphatic heterocycles. The number of hydrogen-bond acceptors (Lipinski definition) is 3. The first-order chi connectivity index (χ1) is 9.72. The first-order valence-electron chi connectivity index (χ1n) is 7.55. The molecule has 0 atom stereocenters. The van der Waals surface area contributed by atoms with Gasteiger partial charge in [0.25, 0.3) is 0 Å². The molecule has 1 N–H and O–H groups in total. The number of rotatable bonds is 8. The van der Waals surface area contributed by atoms with Crippen LogP contribution >= 0.6 is 0 Å². The largest absolute Gasteiger partial charge is 0.490 e. The van der Waals surface area contributed by atoms with E-state index in [-0.39, 0.29) is 0 Å².